The number of hydrogen-bond acceptors (Lipinski definition) is 2. The number of carbonyl (C=O) groups excluding carboxylic acids is 1. The smallest absolute Gasteiger partial charge is 0.135 e. The van der Waals surface area contributed by atoms with E-state index in [-0.39, 0.29) is 0 Å². The van der Waals surface area contributed by atoms with E-state index >= 15 is 0 Å². The Hall–Kier alpha value is -1.15. The van der Waals surface area contributed by atoms with Crippen LogP contribution in [0.5, 0.6) is 0 Å². The Morgan fingerprint density at radius 3 is 2.44 bits per heavy atom. The summed E-state index contributed by atoms with van der Waals surface area (Å²) in [6.45, 7) is 0. The molecule has 1 saturated carbocycles. The highest BCUT2D eigenvalue weighted by Crippen LogP contribution is 2.25. The topological polar surface area (TPSA) is 43.1 Å². The highest BCUT2D eigenvalue weighted by molar-refractivity contribution is 5.81. The van der Waals surface area contributed by atoms with Crippen molar-refractivity contribution in [2.45, 2.75) is 51.0 Å². The fraction of sp³-hybridized carbons (Fsp3) is 0.562. The molecule has 18 heavy (non-hydrogen) atoms. The van der Waals surface area contributed by atoms with Gasteiger partial charge < -0.3 is 5.73 Å². The first kappa shape index (κ1) is 13.3. The van der Waals surface area contributed by atoms with Gasteiger partial charge in [-0.05, 0) is 44.1 Å². The average Bonchev–Trinajstić information content (AvgIpc) is 2.40. The molecule has 0 unspecified atom stereocenters. The second-order valence-electron chi connectivity index (χ2n) is 5.42. The molecule has 98 valence electrons. The molecule has 2 N–H and O–H groups in total. The molecule has 2 nitrogen and oxygen atoms in total. The molecule has 0 aliphatic heterocycles. The van der Waals surface area contributed by atoms with Gasteiger partial charge in [0.2, 0.25) is 0 Å². The fourth-order valence-corrected chi connectivity index (χ4v) is 2.76. The molecule has 0 radical (unpaired) electrons. The van der Waals surface area contributed by atoms with Gasteiger partial charge in [0, 0.05) is 18.4 Å². The van der Waals surface area contributed by atoms with E-state index in [0.29, 0.717) is 17.7 Å². The number of carbonyl (C=O) groups is 1. The van der Waals surface area contributed by atoms with Crippen molar-refractivity contribution < 1.29 is 4.79 Å². The summed E-state index contributed by atoms with van der Waals surface area (Å²) in [5, 5.41) is 0. The maximum atomic E-state index is 12.1. The van der Waals surface area contributed by atoms with Gasteiger partial charge in [-0.25, -0.2) is 0 Å². The molecule has 2 rings (SSSR count). The minimum Gasteiger partial charge on any atom is -0.328 e. The maximum absolute atomic E-state index is 12.1. The number of nitrogens with two attached hydrogens (primary N) is 1. The van der Waals surface area contributed by atoms with Crippen molar-refractivity contribution in [1.29, 1.82) is 0 Å². The van der Waals surface area contributed by atoms with Crippen LogP contribution >= 0.6 is 0 Å². The molecule has 2 heteroatoms. The van der Waals surface area contributed by atoms with E-state index in [1.165, 1.54) is 5.56 Å². The van der Waals surface area contributed by atoms with E-state index in [1.807, 2.05) is 6.07 Å². The Balaban J connectivity index is 1.69. The lowest BCUT2D eigenvalue weighted by atomic mass is 9.82. The van der Waals surface area contributed by atoms with Gasteiger partial charge in [0.25, 0.3) is 0 Å². The lowest BCUT2D eigenvalue weighted by Gasteiger charge is -2.24. The Morgan fingerprint density at radius 2 is 1.78 bits per heavy atom. The molecule has 0 spiro atoms. The van der Waals surface area contributed by atoms with Crippen LogP contribution < -0.4 is 5.73 Å². The van der Waals surface area contributed by atoms with Crippen LogP contribution in [-0.4, -0.2) is 11.8 Å². The van der Waals surface area contributed by atoms with Gasteiger partial charge >= 0.3 is 0 Å². The summed E-state index contributed by atoms with van der Waals surface area (Å²) in [7, 11) is 0. The third-order valence-corrected chi connectivity index (χ3v) is 3.96. The second-order valence-corrected chi connectivity index (χ2v) is 5.42. The highest BCUT2D eigenvalue weighted by atomic mass is 16.1. The minimum atomic E-state index is 0.292. The standard InChI is InChI=1S/C16H23NO/c17-15-11-9-14(10-12-15)16(18)8-4-7-13-5-2-1-3-6-13/h1-3,5-6,14-15H,4,7-12,17H2. The number of aryl methyl sites for hydroxylation is 1. The van der Waals surface area contributed by atoms with E-state index in [0.717, 1.165) is 44.9 Å². The Bertz CT molecular complexity index is 366. The van der Waals surface area contributed by atoms with Crippen molar-refractivity contribution in [2.75, 3.05) is 0 Å². The van der Waals surface area contributed by atoms with Gasteiger partial charge in [0.05, 0.1) is 0 Å². The second kappa shape index (κ2) is 6.69. The average molecular weight is 245 g/mol. The molecular weight excluding hydrogens is 222 g/mol. The van der Waals surface area contributed by atoms with Crippen LogP contribution in [0, 0.1) is 5.92 Å². The van der Waals surface area contributed by atoms with Crippen molar-refractivity contribution in [2.24, 2.45) is 11.7 Å². The molecule has 0 heterocycles. The zero-order valence-electron chi connectivity index (χ0n) is 11.0. The van der Waals surface area contributed by atoms with E-state index < -0.39 is 0 Å². The molecule has 0 bridgehead atoms. The Morgan fingerprint density at radius 1 is 1.11 bits per heavy atom. The van der Waals surface area contributed by atoms with Crippen LogP contribution in [0.4, 0.5) is 0 Å². The van der Waals surface area contributed by atoms with Crippen molar-refractivity contribution in [3.05, 3.63) is 35.9 Å². The zero-order valence-corrected chi connectivity index (χ0v) is 11.0. The highest BCUT2D eigenvalue weighted by Gasteiger charge is 2.23. The molecule has 1 aromatic rings. The van der Waals surface area contributed by atoms with Gasteiger partial charge in [-0.1, -0.05) is 30.3 Å². The normalized spacial score (nSPS) is 23.8. The lowest BCUT2D eigenvalue weighted by Crippen LogP contribution is -2.29. The molecular formula is C16H23NO. The zero-order chi connectivity index (χ0) is 12.8. The molecule has 0 atom stereocenters. The lowest BCUT2D eigenvalue weighted by molar-refractivity contribution is -0.123. The Labute approximate surface area is 110 Å². The summed E-state index contributed by atoms with van der Waals surface area (Å²) < 4.78 is 0. The van der Waals surface area contributed by atoms with E-state index in [1.54, 1.807) is 0 Å². The molecule has 1 aliphatic carbocycles. The summed E-state index contributed by atoms with van der Waals surface area (Å²) in [6, 6.07) is 10.7. The monoisotopic (exact) mass is 245 g/mol. The molecule has 1 aromatic carbocycles. The first-order chi connectivity index (χ1) is 8.75. The number of rotatable bonds is 5. The SMILES string of the molecule is NC1CCC(C(=O)CCCc2ccccc2)CC1. The first-order valence-electron chi connectivity index (χ1n) is 7.08. The van der Waals surface area contributed by atoms with Crippen molar-refractivity contribution in [3.8, 4) is 0 Å². The summed E-state index contributed by atoms with van der Waals surface area (Å²) in [5.41, 5.74) is 7.19. The maximum Gasteiger partial charge on any atom is 0.135 e. The van der Waals surface area contributed by atoms with Crippen LogP contribution in [0.3, 0.4) is 0 Å². The first-order valence-corrected chi connectivity index (χ1v) is 7.08. The number of Topliss-reactive ketones (excluding diaryl/α,β-unsaturated/α-hetero) is 1. The third kappa shape index (κ3) is 3.95. The van der Waals surface area contributed by atoms with Crippen molar-refractivity contribution in [1.82, 2.24) is 0 Å². The van der Waals surface area contributed by atoms with Crippen LogP contribution in [0.1, 0.15) is 44.1 Å². The van der Waals surface area contributed by atoms with Crippen LogP contribution in [0.2, 0.25) is 0 Å². The van der Waals surface area contributed by atoms with E-state index in [9.17, 15) is 4.79 Å². The van der Waals surface area contributed by atoms with Crippen LogP contribution in [0.25, 0.3) is 0 Å². The minimum absolute atomic E-state index is 0.292. The largest absolute Gasteiger partial charge is 0.328 e. The summed E-state index contributed by atoms with van der Waals surface area (Å²) >= 11 is 0. The van der Waals surface area contributed by atoms with Crippen molar-refractivity contribution in [3.63, 3.8) is 0 Å². The number of benzene rings is 1. The molecule has 1 aliphatic rings. The predicted octanol–water partition coefficient (Wildman–Crippen LogP) is 3.10. The summed E-state index contributed by atoms with van der Waals surface area (Å²) in [4.78, 5) is 12.1. The van der Waals surface area contributed by atoms with Crippen molar-refractivity contribution >= 4 is 5.78 Å². The molecule has 1 fully saturated rings. The van der Waals surface area contributed by atoms with Crippen LogP contribution in [0.15, 0.2) is 30.3 Å². The predicted molar refractivity (Wildman–Crippen MR) is 74.3 cm³/mol. The Kier molecular flexibility index (Phi) is 4.94. The van der Waals surface area contributed by atoms with E-state index in [2.05, 4.69) is 24.3 Å². The summed E-state index contributed by atoms with van der Waals surface area (Å²) in [6.07, 6.45) is 6.78. The van der Waals surface area contributed by atoms with Gasteiger partial charge in [-0.3, -0.25) is 4.79 Å². The number of ketones is 1. The quantitative estimate of drug-likeness (QED) is 0.866. The van der Waals surface area contributed by atoms with Gasteiger partial charge in [0.1, 0.15) is 5.78 Å². The molecule has 0 aromatic heterocycles. The van der Waals surface area contributed by atoms with Gasteiger partial charge in [-0.15, -0.1) is 0 Å². The molecule has 0 amide bonds. The summed E-state index contributed by atoms with van der Waals surface area (Å²) in [5.74, 6) is 0.749. The fourth-order valence-electron chi connectivity index (χ4n) is 2.76. The number of hydrogen-bond donors (Lipinski definition) is 1. The van der Waals surface area contributed by atoms with Gasteiger partial charge in [-0.2, -0.15) is 0 Å². The van der Waals surface area contributed by atoms with Gasteiger partial charge in [0.15, 0.2) is 0 Å². The van der Waals surface area contributed by atoms with E-state index in [4.69, 9.17) is 5.73 Å². The molecule has 0 saturated heterocycles. The third-order valence-electron chi connectivity index (χ3n) is 3.96. The van der Waals surface area contributed by atoms with Crippen LogP contribution in [-0.2, 0) is 11.2 Å².